The van der Waals surface area contributed by atoms with E-state index >= 15 is 0 Å². The summed E-state index contributed by atoms with van der Waals surface area (Å²) >= 11 is 0. The Morgan fingerprint density at radius 1 is 1.12 bits per heavy atom. The van der Waals surface area contributed by atoms with Crippen LogP contribution >= 0.6 is 0 Å². The zero-order valence-corrected chi connectivity index (χ0v) is 13.9. The number of H-pyrrole nitrogens is 1. The van der Waals surface area contributed by atoms with Gasteiger partial charge in [-0.25, -0.2) is 4.79 Å². The number of nitrogens with two attached hydrogens (primary N) is 1. The second kappa shape index (κ2) is 7.02. The van der Waals surface area contributed by atoms with Crippen LogP contribution in [0.3, 0.4) is 0 Å². The van der Waals surface area contributed by atoms with Gasteiger partial charge in [-0.05, 0) is 49.4 Å². The number of aryl methyl sites for hydroxylation is 1. The fraction of sp³-hybridized carbons (Fsp3) is 0.0526. The lowest BCUT2D eigenvalue weighted by atomic mass is 10.1. The van der Waals surface area contributed by atoms with Crippen LogP contribution in [0.25, 0.3) is 11.3 Å². The largest absolute Gasteiger partial charge is 0.465 e. The number of carbonyl (C=O) groups is 2. The Bertz CT molecular complexity index is 961. The molecule has 0 spiro atoms. The van der Waals surface area contributed by atoms with E-state index in [1.165, 1.54) is 0 Å². The predicted molar refractivity (Wildman–Crippen MR) is 97.6 cm³/mol. The van der Waals surface area contributed by atoms with Gasteiger partial charge in [-0.2, -0.15) is 0 Å². The van der Waals surface area contributed by atoms with Gasteiger partial charge in [0, 0.05) is 16.9 Å². The Labute approximate surface area is 149 Å². The smallest absolute Gasteiger partial charge is 0.409 e. The summed E-state index contributed by atoms with van der Waals surface area (Å²) in [4.78, 5) is 25.3. The van der Waals surface area contributed by atoms with Gasteiger partial charge in [0.2, 0.25) is 0 Å². The van der Waals surface area contributed by atoms with Crippen molar-refractivity contribution in [2.24, 2.45) is 5.73 Å². The highest BCUT2D eigenvalue weighted by molar-refractivity contribution is 5.95. The van der Waals surface area contributed by atoms with Gasteiger partial charge in [-0.15, -0.1) is 0 Å². The normalized spacial score (nSPS) is 10.3. The standard InChI is InChI=1S/C19H17N3O4/c1-11-15(18(20)23)10-16(21-11)14-4-2-3-5-17(14)26-13-8-6-12(7-9-13)22-19(24)25/h2-10,21-22H,1H3,(H2,20,23)(H,24,25). The molecule has 26 heavy (non-hydrogen) atoms. The summed E-state index contributed by atoms with van der Waals surface area (Å²) < 4.78 is 5.92. The summed E-state index contributed by atoms with van der Waals surface area (Å²) in [7, 11) is 0. The van der Waals surface area contributed by atoms with Gasteiger partial charge in [-0.3, -0.25) is 10.1 Å². The molecule has 0 atom stereocenters. The summed E-state index contributed by atoms with van der Waals surface area (Å²) in [6, 6.07) is 15.6. The molecule has 0 aliphatic rings. The molecular weight excluding hydrogens is 334 g/mol. The SMILES string of the molecule is Cc1[nH]c(-c2ccccc2Oc2ccc(NC(=O)O)cc2)cc1C(N)=O. The molecule has 0 fully saturated rings. The fourth-order valence-electron chi connectivity index (χ4n) is 2.59. The molecule has 0 bridgehead atoms. The molecule has 7 nitrogen and oxygen atoms in total. The fourth-order valence-corrected chi connectivity index (χ4v) is 2.59. The molecule has 2 aromatic carbocycles. The van der Waals surface area contributed by atoms with Crippen LogP contribution in [0.5, 0.6) is 11.5 Å². The number of rotatable bonds is 5. The van der Waals surface area contributed by atoms with Crippen LogP contribution in [0, 0.1) is 6.92 Å². The highest BCUT2D eigenvalue weighted by Crippen LogP contribution is 2.34. The van der Waals surface area contributed by atoms with Gasteiger partial charge in [0.25, 0.3) is 5.91 Å². The Hall–Kier alpha value is -3.74. The van der Waals surface area contributed by atoms with Gasteiger partial charge in [-0.1, -0.05) is 12.1 Å². The molecule has 1 aromatic heterocycles. The Balaban J connectivity index is 1.89. The van der Waals surface area contributed by atoms with Crippen molar-refractivity contribution in [3.05, 3.63) is 65.9 Å². The average Bonchev–Trinajstić information content (AvgIpc) is 2.98. The van der Waals surface area contributed by atoms with E-state index < -0.39 is 12.0 Å². The second-order valence-electron chi connectivity index (χ2n) is 5.64. The number of hydrogen-bond acceptors (Lipinski definition) is 3. The predicted octanol–water partition coefficient (Wildman–Crippen LogP) is 3.97. The molecule has 3 rings (SSSR count). The summed E-state index contributed by atoms with van der Waals surface area (Å²) in [5.74, 6) is 0.639. The minimum Gasteiger partial charge on any atom is -0.465 e. The maximum absolute atomic E-state index is 11.5. The zero-order chi connectivity index (χ0) is 18.7. The topological polar surface area (TPSA) is 117 Å². The quantitative estimate of drug-likeness (QED) is 0.556. The maximum Gasteiger partial charge on any atom is 0.409 e. The lowest BCUT2D eigenvalue weighted by molar-refractivity contribution is 0.1000. The Kier molecular flexibility index (Phi) is 4.62. The number of aromatic nitrogens is 1. The first-order chi connectivity index (χ1) is 12.4. The van der Waals surface area contributed by atoms with Gasteiger partial charge in [0.1, 0.15) is 11.5 Å². The monoisotopic (exact) mass is 351 g/mol. The number of ether oxygens (including phenoxy) is 1. The lowest BCUT2D eigenvalue weighted by Gasteiger charge is -2.11. The number of primary amides is 1. The number of nitrogens with one attached hydrogen (secondary N) is 2. The Morgan fingerprint density at radius 2 is 1.81 bits per heavy atom. The van der Waals surface area contributed by atoms with E-state index in [0.717, 1.165) is 11.3 Å². The molecule has 0 saturated heterocycles. The van der Waals surface area contributed by atoms with Crippen molar-refractivity contribution >= 4 is 17.7 Å². The van der Waals surface area contributed by atoms with Crippen LogP contribution in [0.1, 0.15) is 16.1 Å². The van der Waals surface area contributed by atoms with Crippen molar-refractivity contribution in [2.75, 3.05) is 5.32 Å². The molecule has 0 unspecified atom stereocenters. The third-order valence-corrected chi connectivity index (χ3v) is 3.79. The molecule has 0 saturated carbocycles. The third kappa shape index (κ3) is 3.67. The summed E-state index contributed by atoms with van der Waals surface area (Å²) in [5, 5.41) is 11.0. The third-order valence-electron chi connectivity index (χ3n) is 3.79. The minimum absolute atomic E-state index is 0.430. The molecule has 2 amide bonds. The van der Waals surface area contributed by atoms with Crippen molar-refractivity contribution < 1.29 is 19.4 Å². The summed E-state index contributed by atoms with van der Waals surface area (Å²) in [6.07, 6.45) is -1.13. The van der Waals surface area contributed by atoms with E-state index in [1.807, 2.05) is 18.2 Å². The van der Waals surface area contributed by atoms with Crippen molar-refractivity contribution in [1.82, 2.24) is 4.98 Å². The van der Waals surface area contributed by atoms with Crippen LogP contribution in [0.2, 0.25) is 0 Å². The van der Waals surface area contributed by atoms with Crippen molar-refractivity contribution in [3.63, 3.8) is 0 Å². The van der Waals surface area contributed by atoms with E-state index in [4.69, 9.17) is 15.6 Å². The van der Waals surface area contributed by atoms with Gasteiger partial charge >= 0.3 is 6.09 Å². The number of aromatic amines is 1. The summed E-state index contributed by atoms with van der Waals surface area (Å²) in [6.45, 7) is 1.78. The van der Waals surface area contributed by atoms with E-state index in [0.29, 0.717) is 28.4 Å². The molecule has 0 aliphatic carbocycles. The highest BCUT2D eigenvalue weighted by Gasteiger charge is 2.14. The highest BCUT2D eigenvalue weighted by atomic mass is 16.5. The first-order valence-electron chi connectivity index (χ1n) is 7.80. The molecule has 3 aromatic rings. The Morgan fingerprint density at radius 3 is 2.42 bits per heavy atom. The van der Waals surface area contributed by atoms with E-state index in [1.54, 1.807) is 43.3 Å². The number of amides is 2. The van der Waals surface area contributed by atoms with Crippen molar-refractivity contribution in [2.45, 2.75) is 6.92 Å². The maximum atomic E-state index is 11.5. The van der Waals surface area contributed by atoms with Crippen molar-refractivity contribution in [3.8, 4) is 22.8 Å². The summed E-state index contributed by atoms with van der Waals surface area (Å²) in [5.41, 5.74) is 8.44. The number of para-hydroxylation sites is 1. The molecular formula is C19H17N3O4. The van der Waals surface area contributed by atoms with Crippen LogP contribution in [-0.2, 0) is 0 Å². The number of carbonyl (C=O) groups excluding carboxylic acids is 1. The molecule has 7 heteroatoms. The lowest BCUT2D eigenvalue weighted by Crippen LogP contribution is -2.10. The molecule has 132 valence electrons. The first kappa shape index (κ1) is 17.1. The van der Waals surface area contributed by atoms with Gasteiger partial charge < -0.3 is 20.6 Å². The number of benzene rings is 2. The van der Waals surface area contributed by atoms with Gasteiger partial charge in [0.15, 0.2) is 0 Å². The van der Waals surface area contributed by atoms with E-state index in [2.05, 4.69) is 10.3 Å². The minimum atomic E-state index is -1.13. The zero-order valence-electron chi connectivity index (χ0n) is 13.9. The van der Waals surface area contributed by atoms with Crippen LogP contribution < -0.4 is 15.8 Å². The van der Waals surface area contributed by atoms with Crippen LogP contribution in [0.4, 0.5) is 10.5 Å². The molecule has 1 heterocycles. The average molecular weight is 351 g/mol. The van der Waals surface area contributed by atoms with E-state index in [-0.39, 0.29) is 0 Å². The molecule has 0 radical (unpaired) electrons. The van der Waals surface area contributed by atoms with Crippen LogP contribution in [0.15, 0.2) is 54.6 Å². The molecule has 0 aliphatic heterocycles. The number of anilines is 1. The van der Waals surface area contributed by atoms with Crippen LogP contribution in [-0.4, -0.2) is 22.1 Å². The number of carboxylic acid groups (broad SMARTS) is 1. The number of hydrogen-bond donors (Lipinski definition) is 4. The van der Waals surface area contributed by atoms with Gasteiger partial charge in [0.05, 0.1) is 11.3 Å². The first-order valence-corrected chi connectivity index (χ1v) is 7.80. The molecule has 5 N–H and O–H groups in total. The van der Waals surface area contributed by atoms with E-state index in [9.17, 15) is 9.59 Å². The van der Waals surface area contributed by atoms with Crippen molar-refractivity contribution in [1.29, 1.82) is 0 Å². The second-order valence-corrected chi connectivity index (χ2v) is 5.64.